The molecule has 0 fully saturated rings. The fourth-order valence-corrected chi connectivity index (χ4v) is 4.65. The van der Waals surface area contributed by atoms with Gasteiger partial charge in [-0.2, -0.15) is 0 Å². The number of fused-ring (bicyclic) bond motifs is 1. The lowest BCUT2D eigenvalue weighted by Crippen LogP contribution is -2.13. The van der Waals surface area contributed by atoms with Crippen LogP contribution in [0.25, 0.3) is 10.8 Å². The molecule has 3 aromatic rings. The topological polar surface area (TPSA) is 85.1 Å². The molecule has 6 nitrogen and oxygen atoms in total. The summed E-state index contributed by atoms with van der Waals surface area (Å²) >= 11 is 1.13. The molecular formula is C15H13N3O3S2. The Morgan fingerprint density at radius 3 is 2.83 bits per heavy atom. The lowest BCUT2D eigenvalue weighted by molar-refractivity contribution is 0.581. The Bertz CT molecular complexity index is 946. The van der Waals surface area contributed by atoms with E-state index in [2.05, 4.69) is 14.9 Å². The highest BCUT2D eigenvalue weighted by Gasteiger charge is 2.20. The van der Waals surface area contributed by atoms with Crippen LogP contribution in [-0.4, -0.2) is 18.6 Å². The molecule has 0 atom stereocenters. The molecule has 0 saturated carbocycles. The zero-order valence-electron chi connectivity index (χ0n) is 12.0. The van der Waals surface area contributed by atoms with Crippen molar-refractivity contribution in [2.24, 2.45) is 0 Å². The number of hydrogen-bond acceptors (Lipinski definition) is 6. The summed E-state index contributed by atoms with van der Waals surface area (Å²) in [6.45, 7) is 0. The third kappa shape index (κ3) is 2.75. The Morgan fingerprint density at radius 2 is 2.00 bits per heavy atom. The van der Waals surface area contributed by atoms with Crippen LogP contribution in [0.2, 0.25) is 0 Å². The van der Waals surface area contributed by atoms with Crippen LogP contribution in [-0.2, 0) is 22.9 Å². The first-order valence-corrected chi connectivity index (χ1v) is 9.44. The predicted molar refractivity (Wildman–Crippen MR) is 86.9 cm³/mol. The van der Waals surface area contributed by atoms with E-state index in [1.54, 1.807) is 24.3 Å². The van der Waals surface area contributed by atoms with Crippen molar-refractivity contribution in [1.29, 1.82) is 0 Å². The summed E-state index contributed by atoms with van der Waals surface area (Å²) in [4.78, 5) is 0.257. The van der Waals surface area contributed by atoms with E-state index >= 15 is 0 Å². The van der Waals surface area contributed by atoms with Gasteiger partial charge in [-0.25, -0.2) is 8.42 Å². The number of nitrogens with zero attached hydrogens (tertiary/aromatic N) is 2. The number of aromatic nitrogens is 2. The van der Waals surface area contributed by atoms with E-state index in [-0.39, 0.29) is 10.0 Å². The fourth-order valence-electron chi connectivity index (χ4n) is 2.65. The minimum Gasteiger partial charge on any atom is -0.462 e. The zero-order chi connectivity index (χ0) is 15.9. The second-order valence-electron chi connectivity index (χ2n) is 5.28. The molecule has 118 valence electrons. The number of sulfonamides is 1. The summed E-state index contributed by atoms with van der Waals surface area (Å²) in [5, 5.41) is 8.56. The third-order valence-electron chi connectivity index (χ3n) is 3.76. The molecule has 0 bridgehead atoms. The quantitative estimate of drug-likeness (QED) is 0.784. The molecule has 0 amide bonds. The van der Waals surface area contributed by atoms with Crippen molar-refractivity contribution in [3.63, 3.8) is 0 Å². The van der Waals surface area contributed by atoms with E-state index in [4.69, 9.17) is 4.42 Å². The molecule has 0 aliphatic heterocycles. The number of anilines is 1. The molecule has 0 radical (unpaired) electrons. The highest BCUT2D eigenvalue weighted by molar-refractivity contribution is 7.93. The smallest absolute Gasteiger partial charge is 0.263 e. The van der Waals surface area contributed by atoms with Crippen molar-refractivity contribution in [2.75, 3.05) is 4.72 Å². The number of nitrogens with one attached hydrogen (secondary N) is 1. The first kappa shape index (κ1) is 14.4. The van der Waals surface area contributed by atoms with E-state index in [9.17, 15) is 8.42 Å². The van der Waals surface area contributed by atoms with Crippen molar-refractivity contribution in [1.82, 2.24) is 10.2 Å². The molecule has 0 saturated heterocycles. The average molecular weight is 347 g/mol. The van der Waals surface area contributed by atoms with Crippen LogP contribution in [0.4, 0.5) is 5.13 Å². The zero-order valence-corrected chi connectivity index (χ0v) is 13.7. The number of hydrogen-bond donors (Lipinski definition) is 1. The van der Waals surface area contributed by atoms with E-state index < -0.39 is 10.0 Å². The second-order valence-corrected chi connectivity index (χ2v) is 7.94. The summed E-state index contributed by atoms with van der Waals surface area (Å²) < 4.78 is 32.7. The van der Waals surface area contributed by atoms with E-state index in [1.807, 2.05) is 6.07 Å². The molecule has 2 aromatic heterocycles. The van der Waals surface area contributed by atoms with Gasteiger partial charge in [-0.3, -0.25) is 4.72 Å². The number of furan rings is 1. The SMILES string of the molecule is O=S(=O)(Nc1nnc(-c2ccco2)s1)c1ccc2c(c1)CCC2. The maximum absolute atomic E-state index is 12.5. The van der Waals surface area contributed by atoms with Crippen molar-refractivity contribution in [2.45, 2.75) is 24.2 Å². The van der Waals surface area contributed by atoms with Crippen LogP contribution in [0.5, 0.6) is 0 Å². The van der Waals surface area contributed by atoms with Gasteiger partial charge in [0, 0.05) is 0 Å². The number of aryl methyl sites for hydroxylation is 2. The Labute approximate surface area is 137 Å². The van der Waals surface area contributed by atoms with Crippen LogP contribution in [0, 0.1) is 0 Å². The van der Waals surface area contributed by atoms with Gasteiger partial charge in [0.1, 0.15) is 0 Å². The second kappa shape index (κ2) is 5.47. The molecule has 8 heteroatoms. The van der Waals surface area contributed by atoms with E-state index in [0.717, 1.165) is 36.2 Å². The maximum atomic E-state index is 12.5. The first-order chi connectivity index (χ1) is 11.1. The minimum atomic E-state index is -3.66. The van der Waals surface area contributed by atoms with Crippen molar-refractivity contribution in [3.05, 3.63) is 47.7 Å². The highest BCUT2D eigenvalue weighted by atomic mass is 32.2. The molecule has 4 rings (SSSR count). The van der Waals surface area contributed by atoms with Gasteiger partial charge in [0.05, 0.1) is 11.2 Å². The minimum absolute atomic E-state index is 0.219. The monoisotopic (exact) mass is 347 g/mol. The van der Waals surface area contributed by atoms with E-state index in [1.165, 1.54) is 11.8 Å². The molecule has 23 heavy (non-hydrogen) atoms. The van der Waals surface area contributed by atoms with Crippen LogP contribution in [0.3, 0.4) is 0 Å². The maximum Gasteiger partial charge on any atom is 0.263 e. The predicted octanol–water partition coefficient (Wildman–Crippen LogP) is 3.09. The molecule has 1 N–H and O–H groups in total. The lowest BCUT2D eigenvalue weighted by atomic mass is 10.1. The third-order valence-corrected chi connectivity index (χ3v) is 6.08. The lowest BCUT2D eigenvalue weighted by Gasteiger charge is -2.06. The molecule has 0 unspecified atom stereocenters. The van der Waals surface area contributed by atoms with Gasteiger partial charge < -0.3 is 4.42 Å². The van der Waals surface area contributed by atoms with E-state index in [0.29, 0.717) is 10.8 Å². The summed E-state index contributed by atoms with van der Waals surface area (Å²) in [7, 11) is -3.66. The molecule has 0 spiro atoms. The van der Waals surface area contributed by atoms with Crippen LogP contribution in [0.1, 0.15) is 17.5 Å². The van der Waals surface area contributed by atoms with Crippen molar-refractivity contribution in [3.8, 4) is 10.8 Å². The van der Waals surface area contributed by atoms with Gasteiger partial charge in [-0.1, -0.05) is 17.4 Å². The van der Waals surface area contributed by atoms with Crippen LogP contribution < -0.4 is 4.72 Å². The summed E-state index contributed by atoms with van der Waals surface area (Å²) in [6.07, 6.45) is 4.56. The van der Waals surface area contributed by atoms with Crippen LogP contribution in [0.15, 0.2) is 45.9 Å². The fraction of sp³-hybridized carbons (Fsp3) is 0.200. The summed E-state index contributed by atoms with van der Waals surface area (Å²) in [5.74, 6) is 0.561. The van der Waals surface area contributed by atoms with Gasteiger partial charge in [-0.05, 0) is 54.7 Å². The normalized spacial score (nSPS) is 13.9. The molecular weight excluding hydrogens is 334 g/mol. The molecule has 1 aliphatic carbocycles. The van der Waals surface area contributed by atoms with Gasteiger partial charge in [0.2, 0.25) is 5.13 Å². The largest absolute Gasteiger partial charge is 0.462 e. The molecule has 1 aliphatic rings. The average Bonchev–Trinajstić information content (AvgIpc) is 3.27. The van der Waals surface area contributed by atoms with Gasteiger partial charge in [0.25, 0.3) is 10.0 Å². The standard InChI is InChI=1S/C15H13N3O3S2/c19-23(20,12-7-6-10-3-1-4-11(10)9-12)18-15-17-16-14(22-15)13-5-2-8-21-13/h2,5-9H,1,3-4H2,(H,17,18). The highest BCUT2D eigenvalue weighted by Crippen LogP contribution is 2.29. The number of benzene rings is 1. The molecule has 2 heterocycles. The summed E-state index contributed by atoms with van der Waals surface area (Å²) in [5.41, 5.74) is 2.35. The Morgan fingerprint density at radius 1 is 1.13 bits per heavy atom. The van der Waals surface area contributed by atoms with Crippen molar-refractivity contribution >= 4 is 26.5 Å². The first-order valence-electron chi connectivity index (χ1n) is 7.14. The van der Waals surface area contributed by atoms with Gasteiger partial charge in [-0.15, -0.1) is 10.2 Å². The Balaban J connectivity index is 1.60. The van der Waals surface area contributed by atoms with Gasteiger partial charge in [0.15, 0.2) is 10.8 Å². The Kier molecular flexibility index (Phi) is 3.42. The number of rotatable bonds is 4. The molecule has 1 aromatic carbocycles. The van der Waals surface area contributed by atoms with Gasteiger partial charge >= 0.3 is 0 Å². The van der Waals surface area contributed by atoms with Crippen molar-refractivity contribution < 1.29 is 12.8 Å². The van der Waals surface area contributed by atoms with Crippen LogP contribution >= 0.6 is 11.3 Å². The Hall–Kier alpha value is -2.19. The summed E-state index contributed by atoms with van der Waals surface area (Å²) in [6, 6.07) is 8.77.